The van der Waals surface area contributed by atoms with Gasteiger partial charge in [0.05, 0.1) is 32.3 Å². The summed E-state index contributed by atoms with van der Waals surface area (Å²) in [6.45, 7) is 0. The minimum Gasteiger partial charge on any atom is -0.274 e. The number of carbonyl (C=O) groups excluding carboxylic acids is 4. The zero-order valence-electron chi connectivity index (χ0n) is 8.11. The predicted molar refractivity (Wildman–Crippen MR) is 60.0 cm³/mol. The van der Waals surface area contributed by atoms with Gasteiger partial charge in [-0.15, -0.1) is 0 Å². The smallest absolute Gasteiger partial charge is 0.239 e. The molecule has 2 heterocycles. The lowest BCUT2D eigenvalue weighted by Crippen LogP contribution is -2.16. The summed E-state index contributed by atoms with van der Waals surface area (Å²) in [5, 5.41) is 0. The molecule has 0 unspecified atom stereocenters. The maximum atomic E-state index is 10.4. The van der Waals surface area contributed by atoms with Crippen molar-refractivity contribution in [2.24, 2.45) is 0 Å². The van der Waals surface area contributed by atoms with Crippen molar-refractivity contribution in [3.8, 4) is 0 Å². The van der Waals surface area contributed by atoms with E-state index in [4.69, 9.17) is 0 Å². The first-order valence-electron chi connectivity index (χ1n) is 4.46. The third-order valence-electron chi connectivity index (χ3n) is 1.98. The average molecular weight is 356 g/mol. The number of rotatable bonds is 0. The van der Waals surface area contributed by atoms with E-state index in [0.717, 1.165) is 7.85 Å². The molecule has 16 heavy (non-hydrogen) atoms. The van der Waals surface area contributed by atoms with Gasteiger partial charge in [-0.1, -0.05) is 0 Å². The second-order valence-corrected chi connectivity index (χ2v) is 4.56. The molecule has 0 N–H and O–H groups in total. The van der Waals surface area contributed by atoms with Crippen LogP contribution in [0.4, 0.5) is 0 Å². The van der Waals surface area contributed by atoms with Crippen LogP contribution in [-0.2, 0) is 19.2 Å². The van der Waals surface area contributed by atoms with E-state index >= 15 is 0 Å². The average Bonchev–Trinajstić information content (AvgIpc) is 2.70. The predicted octanol–water partition coefficient (Wildman–Crippen LogP) is 0.891. The molecule has 0 atom stereocenters. The Bertz CT molecular complexity index is 292. The highest BCUT2D eigenvalue weighted by molar-refractivity contribution is 9.08. The Balaban J connectivity index is 0.000000160. The van der Waals surface area contributed by atoms with E-state index < -0.39 is 0 Å². The largest absolute Gasteiger partial charge is 0.274 e. The molecule has 0 aromatic heterocycles. The van der Waals surface area contributed by atoms with Crippen LogP contribution in [0.15, 0.2) is 0 Å². The lowest BCUT2D eigenvalue weighted by molar-refractivity contribution is -0.133. The van der Waals surface area contributed by atoms with Crippen molar-refractivity contribution in [1.29, 1.82) is 0 Å². The molecule has 0 spiro atoms. The van der Waals surface area contributed by atoms with Crippen molar-refractivity contribution in [3.63, 3.8) is 0 Å². The van der Waals surface area contributed by atoms with E-state index in [1.807, 2.05) is 0 Å². The van der Waals surface area contributed by atoms with Crippen molar-refractivity contribution in [1.82, 2.24) is 7.85 Å². The molecule has 8 heteroatoms. The summed E-state index contributed by atoms with van der Waals surface area (Å²) in [4.78, 5) is 41.8. The zero-order valence-corrected chi connectivity index (χ0v) is 11.3. The second-order valence-electron chi connectivity index (χ2n) is 3.14. The van der Waals surface area contributed by atoms with E-state index in [1.165, 1.54) is 0 Å². The van der Waals surface area contributed by atoms with Crippen LogP contribution in [0.2, 0.25) is 0 Å². The summed E-state index contributed by atoms with van der Waals surface area (Å²) in [6, 6.07) is 0. The Hall–Kier alpha value is -0.760. The van der Waals surface area contributed by atoms with Gasteiger partial charge in [0.2, 0.25) is 23.6 Å². The molecule has 0 aliphatic carbocycles. The molecule has 0 saturated carbocycles. The number of hydrogen-bond donors (Lipinski definition) is 0. The van der Waals surface area contributed by atoms with Gasteiger partial charge >= 0.3 is 0 Å². The Labute approximate surface area is 109 Å². The first kappa shape index (κ1) is 13.3. The van der Waals surface area contributed by atoms with Crippen molar-refractivity contribution in [2.45, 2.75) is 25.7 Å². The van der Waals surface area contributed by atoms with Crippen LogP contribution in [0.1, 0.15) is 25.7 Å². The normalized spacial score (nSPS) is 20.4. The monoisotopic (exact) mass is 354 g/mol. The fourth-order valence-electron chi connectivity index (χ4n) is 1.10. The Morgan fingerprint density at radius 2 is 0.812 bits per heavy atom. The summed E-state index contributed by atoms with van der Waals surface area (Å²) in [5.74, 6) is -0.574. The van der Waals surface area contributed by atoms with Gasteiger partial charge in [0.25, 0.3) is 0 Å². The molecule has 6 nitrogen and oxygen atoms in total. The van der Waals surface area contributed by atoms with Crippen LogP contribution < -0.4 is 0 Å². The lowest BCUT2D eigenvalue weighted by Gasteiger charge is -1.97. The fourth-order valence-corrected chi connectivity index (χ4v) is 1.81. The molecule has 2 rings (SSSR count). The number of imide groups is 2. The van der Waals surface area contributed by atoms with Crippen LogP contribution in [0.5, 0.6) is 0 Å². The van der Waals surface area contributed by atoms with Gasteiger partial charge in [-0.3, -0.25) is 19.2 Å². The first-order valence-corrected chi connectivity index (χ1v) is 5.88. The van der Waals surface area contributed by atoms with Gasteiger partial charge in [0, 0.05) is 25.7 Å². The fraction of sp³-hybridized carbons (Fsp3) is 0.500. The molecule has 0 radical (unpaired) electrons. The minimum atomic E-state index is -0.144. The molecular formula is C8H8Br2N2O4. The van der Waals surface area contributed by atoms with Crippen LogP contribution >= 0.6 is 32.3 Å². The van der Waals surface area contributed by atoms with Gasteiger partial charge in [-0.05, 0) is 0 Å². The number of nitrogens with zero attached hydrogens (tertiary/aromatic N) is 2. The molecule has 0 aromatic rings. The Morgan fingerprint density at radius 3 is 0.875 bits per heavy atom. The number of amides is 4. The standard InChI is InChI=1S/2C4H4BrNO2/c2*5-6-3(7)1-2-4(6)8/h2*1-2H2. The molecule has 2 aliphatic rings. The van der Waals surface area contributed by atoms with Crippen LogP contribution in [0.25, 0.3) is 0 Å². The molecule has 4 amide bonds. The molecule has 2 fully saturated rings. The maximum absolute atomic E-state index is 10.4. The number of hydrogen-bond acceptors (Lipinski definition) is 4. The summed E-state index contributed by atoms with van der Waals surface area (Å²) >= 11 is 5.61. The number of halogens is 2. The highest BCUT2D eigenvalue weighted by Crippen LogP contribution is 2.15. The number of carbonyl (C=O) groups is 4. The first-order chi connectivity index (χ1) is 7.43. The van der Waals surface area contributed by atoms with Crippen molar-refractivity contribution in [2.75, 3.05) is 0 Å². The van der Waals surface area contributed by atoms with Gasteiger partial charge in [-0.2, -0.15) is 0 Å². The summed E-state index contributed by atoms with van der Waals surface area (Å²) < 4.78 is 1.96. The molecule has 88 valence electrons. The molecular weight excluding hydrogens is 348 g/mol. The Morgan fingerprint density at radius 1 is 0.625 bits per heavy atom. The van der Waals surface area contributed by atoms with Crippen molar-refractivity contribution < 1.29 is 19.2 Å². The molecule has 2 saturated heterocycles. The zero-order chi connectivity index (χ0) is 12.3. The van der Waals surface area contributed by atoms with Gasteiger partial charge in [0.1, 0.15) is 0 Å². The summed E-state index contributed by atoms with van der Waals surface area (Å²) in [7, 11) is 0. The van der Waals surface area contributed by atoms with E-state index in [1.54, 1.807) is 0 Å². The minimum absolute atomic E-state index is 0.144. The topological polar surface area (TPSA) is 74.8 Å². The van der Waals surface area contributed by atoms with E-state index in [9.17, 15) is 19.2 Å². The Kier molecular flexibility index (Phi) is 4.60. The molecule has 0 aromatic carbocycles. The lowest BCUT2D eigenvalue weighted by atomic mass is 10.4. The van der Waals surface area contributed by atoms with Crippen LogP contribution in [0.3, 0.4) is 0 Å². The van der Waals surface area contributed by atoms with E-state index in [0.29, 0.717) is 25.7 Å². The summed E-state index contributed by atoms with van der Waals surface area (Å²) in [5.41, 5.74) is 0. The van der Waals surface area contributed by atoms with Gasteiger partial charge in [0.15, 0.2) is 0 Å². The van der Waals surface area contributed by atoms with Crippen LogP contribution in [0, 0.1) is 0 Å². The second kappa shape index (κ2) is 5.53. The van der Waals surface area contributed by atoms with Crippen molar-refractivity contribution in [3.05, 3.63) is 0 Å². The summed E-state index contributed by atoms with van der Waals surface area (Å²) in [6.07, 6.45) is 1.41. The highest BCUT2D eigenvalue weighted by atomic mass is 79.9. The maximum Gasteiger partial charge on any atom is 0.239 e. The van der Waals surface area contributed by atoms with E-state index in [2.05, 4.69) is 32.3 Å². The highest BCUT2D eigenvalue weighted by Gasteiger charge is 2.26. The van der Waals surface area contributed by atoms with Gasteiger partial charge in [-0.25, -0.2) is 7.85 Å². The third-order valence-corrected chi connectivity index (χ3v) is 3.56. The molecule has 2 aliphatic heterocycles. The van der Waals surface area contributed by atoms with Crippen LogP contribution in [-0.4, -0.2) is 31.5 Å². The molecule has 0 bridgehead atoms. The van der Waals surface area contributed by atoms with Crippen molar-refractivity contribution >= 4 is 55.9 Å². The van der Waals surface area contributed by atoms with E-state index in [-0.39, 0.29) is 23.6 Å². The SMILES string of the molecule is O=C1CCC(=O)N1Br.O=C1CCC(=O)N1Br. The third kappa shape index (κ3) is 3.11. The quantitative estimate of drug-likeness (QED) is 0.477. The van der Waals surface area contributed by atoms with Gasteiger partial charge < -0.3 is 0 Å².